The average molecular weight is 375 g/mol. The summed E-state index contributed by atoms with van der Waals surface area (Å²) in [6.45, 7) is 1.37. The van der Waals surface area contributed by atoms with E-state index in [0.29, 0.717) is 31.1 Å². The Kier molecular flexibility index (Phi) is 5.89. The first-order valence-corrected chi connectivity index (χ1v) is 8.93. The Bertz CT molecular complexity index is 777. The molecule has 4 nitrogen and oxygen atoms in total. The number of nitrogens with one attached hydrogen (secondary N) is 1. The van der Waals surface area contributed by atoms with Crippen LogP contribution in [-0.2, 0) is 22.6 Å². The van der Waals surface area contributed by atoms with Crippen molar-refractivity contribution in [3.05, 3.63) is 70.5 Å². The molecule has 1 saturated heterocycles. The second-order valence-electron chi connectivity index (χ2n) is 6.46. The molecule has 2 aromatic rings. The highest BCUT2D eigenvalue weighted by atomic mass is 35.5. The molecule has 1 N–H and O–H groups in total. The van der Waals surface area contributed by atoms with Crippen molar-refractivity contribution in [2.45, 2.75) is 19.4 Å². The maximum Gasteiger partial charge on any atom is 0.225 e. The molecule has 0 aromatic heterocycles. The van der Waals surface area contributed by atoms with E-state index >= 15 is 0 Å². The van der Waals surface area contributed by atoms with E-state index in [4.69, 9.17) is 11.6 Å². The lowest BCUT2D eigenvalue weighted by molar-refractivity contribution is -0.129. The third kappa shape index (κ3) is 4.82. The quantitative estimate of drug-likeness (QED) is 0.844. The summed E-state index contributed by atoms with van der Waals surface area (Å²) in [5, 5.41) is 3.53. The van der Waals surface area contributed by atoms with Crippen LogP contribution in [0.5, 0.6) is 0 Å². The van der Waals surface area contributed by atoms with Crippen molar-refractivity contribution in [1.29, 1.82) is 0 Å². The van der Waals surface area contributed by atoms with Gasteiger partial charge in [-0.3, -0.25) is 9.59 Å². The molecule has 3 rings (SSSR count). The van der Waals surface area contributed by atoms with Crippen molar-refractivity contribution < 1.29 is 14.0 Å². The van der Waals surface area contributed by atoms with Gasteiger partial charge in [0, 0.05) is 31.1 Å². The Morgan fingerprint density at radius 3 is 2.46 bits per heavy atom. The van der Waals surface area contributed by atoms with E-state index in [0.717, 1.165) is 11.1 Å². The van der Waals surface area contributed by atoms with Crippen LogP contribution in [0.25, 0.3) is 0 Å². The number of carbonyl (C=O) groups is 2. The monoisotopic (exact) mass is 374 g/mol. The van der Waals surface area contributed by atoms with Crippen molar-refractivity contribution in [1.82, 2.24) is 10.2 Å². The first kappa shape index (κ1) is 18.4. The van der Waals surface area contributed by atoms with Gasteiger partial charge in [-0.25, -0.2) is 4.39 Å². The summed E-state index contributed by atoms with van der Waals surface area (Å²) in [7, 11) is 0. The Balaban J connectivity index is 1.47. The molecule has 6 heteroatoms. The molecule has 0 saturated carbocycles. The zero-order valence-electron chi connectivity index (χ0n) is 14.3. The van der Waals surface area contributed by atoms with Crippen LogP contribution >= 0.6 is 11.6 Å². The minimum atomic E-state index is -0.331. The minimum Gasteiger partial charge on any atom is -0.352 e. The third-order valence-electron chi connectivity index (χ3n) is 4.55. The number of likely N-dealkylation sites (tertiary alicyclic amines) is 1. The van der Waals surface area contributed by atoms with Gasteiger partial charge in [0.05, 0.1) is 5.92 Å². The third-order valence-corrected chi connectivity index (χ3v) is 4.80. The first-order chi connectivity index (χ1) is 12.5. The predicted octanol–water partition coefficient (Wildman–Crippen LogP) is 3.19. The standard InChI is InChI=1S/C20H20ClFN2O2/c21-17-5-1-15(2-6-17)12-23-20(26)16-11-19(25)24(13-16)10-9-14-3-7-18(22)8-4-14/h1-8,16H,9-13H2,(H,23,26)/t16-/m1/s1. The van der Waals surface area contributed by atoms with E-state index in [1.807, 2.05) is 12.1 Å². The zero-order valence-corrected chi connectivity index (χ0v) is 15.0. The van der Waals surface area contributed by atoms with Crippen LogP contribution in [0.1, 0.15) is 17.5 Å². The van der Waals surface area contributed by atoms with Crippen molar-refractivity contribution in [3.63, 3.8) is 0 Å². The molecule has 0 spiro atoms. The fourth-order valence-corrected chi connectivity index (χ4v) is 3.14. The second-order valence-corrected chi connectivity index (χ2v) is 6.90. The molecule has 0 bridgehead atoms. The van der Waals surface area contributed by atoms with Gasteiger partial charge in [0.25, 0.3) is 0 Å². The molecular weight excluding hydrogens is 355 g/mol. The molecular formula is C20H20ClFN2O2. The van der Waals surface area contributed by atoms with Crippen LogP contribution in [0.4, 0.5) is 4.39 Å². The Morgan fingerprint density at radius 2 is 1.77 bits per heavy atom. The number of nitrogens with zero attached hydrogens (tertiary/aromatic N) is 1. The van der Waals surface area contributed by atoms with E-state index in [9.17, 15) is 14.0 Å². The molecule has 2 amide bonds. The number of hydrogen-bond donors (Lipinski definition) is 1. The van der Waals surface area contributed by atoms with E-state index in [1.54, 1.807) is 29.2 Å². The van der Waals surface area contributed by atoms with E-state index in [1.165, 1.54) is 12.1 Å². The maximum atomic E-state index is 12.9. The summed E-state index contributed by atoms with van der Waals surface area (Å²) in [4.78, 5) is 26.2. The average Bonchev–Trinajstić information content (AvgIpc) is 3.01. The molecule has 1 fully saturated rings. The normalized spacial score (nSPS) is 16.8. The van der Waals surface area contributed by atoms with Gasteiger partial charge in [-0.1, -0.05) is 35.9 Å². The first-order valence-electron chi connectivity index (χ1n) is 8.55. The summed E-state index contributed by atoms with van der Waals surface area (Å²) in [5.74, 6) is -0.734. The van der Waals surface area contributed by atoms with E-state index in [-0.39, 0.29) is 30.0 Å². The van der Waals surface area contributed by atoms with Crippen molar-refractivity contribution in [3.8, 4) is 0 Å². The molecule has 1 aliphatic heterocycles. The number of halogens is 2. The van der Waals surface area contributed by atoms with Gasteiger partial charge in [0.15, 0.2) is 0 Å². The SMILES string of the molecule is O=C(NCc1ccc(Cl)cc1)[C@@H]1CC(=O)N(CCc2ccc(F)cc2)C1. The fraction of sp³-hybridized carbons (Fsp3) is 0.300. The molecule has 0 unspecified atom stereocenters. The lowest BCUT2D eigenvalue weighted by Gasteiger charge is -2.16. The summed E-state index contributed by atoms with van der Waals surface area (Å²) in [6.07, 6.45) is 0.876. The van der Waals surface area contributed by atoms with Gasteiger partial charge >= 0.3 is 0 Å². The van der Waals surface area contributed by atoms with Gasteiger partial charge < -0.3 is 10.2 Å². The summed E-state index contributed by atoms with van der Waals surface area (Å²) in [6, 6.07) is 13.5. The molecule has 1 heterocycles. The fourth-order valence-electron chi connectivity index (χ4n) is 3.01. The number of benzene rings is 2. The predicted molar refractivity (Wildman–Crippen MR) is 98.1 cm³/mol. The molecule has 2 aromatic carbocycles. The highest BCUT2D eigenvalue weighted by Crippen LogP contribution is 2.19. The summed E-state index contributed by atoms with van der Waals surface area (Å²) in [5.41, 5.74) is 1.93. The lowest BCUT2D eigenvalue weighted by atomic mass is 10.1. The highest BCUT2D eigenvalue weighted by Gasteiger charge is 2.33. The number of hydrogen-bond acceptors (Lipinski definition) is 2. The smallest absolute Gasteiger partial charge is 0.225 e. The van der Waals surface area contributed by atoms with Crippen molar-refractivity contribution in [2.75, 3.05) is 13.1 Å². The molecule has 26 heavy (non-hydrogen) atoms. The van der Waals surface area contributed by atoms with Crippen molar-refractivity contribution >= 4 is 23.4 Å². The molecule has 136 valence electrons. The van der Waals surface area contributed by atoms with Crippen LogP contribution < -0.4 is 5.32 Å². The Hall–Kier alpha value is -2.40. The maximum absolute atomic E-state index is 12.9. The topological polar surface area (TPSA) is 49.4 Å². The summed E-state index contributed by atoms with van der Waals surface area (Å²) >= 11 is 5.84. The summed E-state index contributed by atoms with van der Waals surface area (Å²) < 4.78 is 12.9. The zero-order chi connectivity index (χ0) is 18.5. The largest absolute Gasteiger partial charge is 0.352 e. The highest BCUT2D eigenvalue weighted by molar-refractivity contribution is 6.30. The molecule has 1 atom stereocenters. The van der Waals surface area contributed by atoms with Crippen LogP contribution in [-0.4, -0.2) is 29.8 Å². The van der Waals surface area contributed by atoms with Gasteiger partial charge in [0.2, 0.25) is 11.8 Å². The molecule has 0 radical (unpaired) electrons. The van der Waals surface area contributed by atoms with E-state index < -0.39 is 0 Å². The van der Waals surface area contributed by atoms with Gasteiger partial charge in [0.1, 0.15) is 5.82 Å². The van der Waals surface area contributed by atoms with Crippen LogP contribution in [0.15, 0.2) is 48.5 Å². The number of amides is 2. The van der Waals surface area contributed by atoms with Crippen LogP contribution in [0.3, 0.4) is 0 Å². The second kappa shape index (κ2) is 8.32. The molecule has 1 aliphatic rings. The van der Waals surface area contributed by atoms with E-state index in [2.05, 4.69) is 5.32 Å². The van der Waals surface area contributed by atoms with Gasteiger partial charge in [-0.2, -0.15) is 0 Å². The lowest BCUT2D eigenvalue weighted by Crippen LogP contribution is -2.33. The Labute approximate surface area is 157 Å². The van der Waals surface area contributed by atoms with Crippen LogP contribution in [0.2, 0.25) is 5.02 Å². The number of rotatable bonds is 6. The number of carbonyl (C=O) groups excluding carboxylic acids is 2. The minimum absolute atomic E-state index is 0.0150. The Morgan fingerprint density at radius 1 is 1.12 bits per heavy atom. The van der Waals surface area contributed by atoms with Gasteiger partial charge in [-0.15, -0.1) is 0 Å². The van der Waals surface area contributed by atoms with Crippen LogP contribution in [0, 0.1) is 11.7 Å². The van der Waals surface area contributed by atoms with Gasteiger partial charge in [-0.05, 0) is 41.8 Å². The van der Waals surface area contributed by atoms with Crippen molar-refractivity contribution in [2.24, 2.45) is 5.92 Å². The molecule has 0 aliphatic carbocycles.